The van der Waals surface area contributed by atoms with E-state index in [2.05, 4.69) is 11.7 Å². The number of methoxy groups -OCH3 is 1. The highest BCUT2D eigenvalue weighted by atomic mass is 35.5. The minimum absolute atomic E-state index is 0.0309. The second-order valence-corrected chi connectivity index (χ2v) is 7.52. The molecule has 144 valence electrons. The molecule has 0 aromatic carbocycles. The summed E-state index contributed by atoms with van der Waals surface area (Å²) in [5.74, 6) is -0.150. The van der Waals surface area contributed by atoms with Crippen molar-refractivity contribution in [2.75, 3.05) is 7.11 Å². The summed E-state index contributed by atoms with van der Waals surface area (Å²) in [6.45, 7) is 2.23. The maximum Gasteiger partial charge on any atom is 0.305 e. The molecule has 25 heavy (non-hydrogen) atoms. The van der Waals surface area contributed by atoms with E-state index in [0.717, 1.165) is 44.9 Å². The fourth-order valence-electron chi connectivity index (χ4n) is 3.51. The number of halogens is 1. The number of hydrogen-bond acceptors (Lipinski definition) is 3. The van der Waals surface area contributed by atoms with Crippen LogP contribution in [-0.2, 0) is 14.3 Å². The molecule has 0 aliphatic heterocycles. The average molecular weight is 371 g/mol. The smallest absolute Gasteiger partial charge is 0.305 e. The molecule has 1 aliphatic carbocycles. The SMILES string of the molecule is CCCCCCCCC1=C(CCCCCCCC(=O)OC)C1C(=O)Cl. The predicted molar refractivity (Wildman–Crippen MR) is 104 cm³/mol. The number of esters is 1. The molecule has 1 unspecified atom stereocenters. The van der Waals surface area contributed by atoms with Crippen LogP contribution in [0.1, 0.15) is 96.8 Å². The summed E-state index contributed by atoms with van der Waals surface area (Å²) in [6.07, 6.45) is 15.7. The summed E-state index contributed by atoms with van der Waals surface area (Å²) < 4.78 is 4.63. The third-order valence-electron chi connectivity index (χ3n) is 5.11. The van der Waals surface area contributed by atoms with Gasteiger partial charge in [0.15, 0.2) is 0 Å². The van der Waals surface area contributed by atoms with Crippen molar-refractivity contribution < 1.29 is 14.3 Å². The van der Waals surface area contributed by atoms with Gasteiger partial charge in [0.05, 0.1) is 13.0 Å². The number of unbranched alkanes of at least 4 members (excludes halogenated alkanes) is 9. The van der Waals surface area contributed by atoms with Crippen molar-refractivity contribution >= 4 is 22.8 Å². The number of allylic oxidation sites excluding steroid dienone is 2. The van der Waals surface area contributed by atoms with E-state index < -0.39 is 0 Å². The molecular formula is C21H35ClO3. The molecule has 0 N–H and O–H groups in total. The van der Waals surface area contributed by atoms with E-state index in [-0.39, 0.29) is 17.1 Å². The largest absolute Gasteiger partial charge is 0.469 e. The first-order valence-corrected chi connectivity index (χ1v) is 10.5. The molecule has 0 spiro atoms. The lowest BCUT2D eigenvalue weighted by Gasteiger charge is -2.00. The van der Waals surface area contributed by atoms with Crippen LogP contribution in [0.2, 0.25) is 0 Å². The van der Waals surface area contributed by atoms with E-state index in [1.165, 1.54) is 56.8 Å². The van der Waals surface area contributed by atoms with Crippen LogP contribution in [0.25, 0.3) is 0 Å². The Morgan fingerprint density at radius 2 is 1.32 bits per heavy atom. The van der Waals surface area contributed by atoms with Gasteiger partial charge >= 0.3 is 5.97 Å². The van der Waals surface area contributed by atoms with Gasteiger partial charge < -0.3 is 4.74 Å². The molecule has 0 fully saturated rings. The molecule has 0 heterocycles. The van der Waals surface area contributed by atoms with Crippen LogP contribution in [0, 0.1) is 5.92 Å². The summed E-state index contributed by atoms with van der Waals surface area (Å²) in [5, 5.41) is -0.186. The van der Waals surface area contributed by atoms with Gasteiger partial charge in [-0.2, -0.15) is 0 Å². The third-order valence-corrected chi connectivity index (χ3v) is 5.33. The molecule has 0 saturated carbocycles. The minimum atomic E-state index is -0.186. The molecule has 0 saturated heterocycles. The molecule has 0 aromatic rings. The summed E-state index contributed by atoms with van der Waals surface area (Å²) in [4.78, 5) is 22.6. The molecule has 0 radical (unpaired) electrons. The van der Waals surface area contributed by atoms with Crippen LogP contribution in [0.3, 0.4) is 0 Å². The number of rotatable bonds is 16. The van der Waals surface area contributed by atoms with E-state index >= 15 is 0 Å². The van der Waals surface area contributed by atoms with Crippen molar-refractivity contribution in [2.24, 2.45) is 5.92 Å². The van der Waals surface area contributed by atoms with Crippen molar-refractivity contribution in [3.05, 3.63) is 11.1 Å². The van der Waals surface area contributed by atoms with Crippen molar-refractivity contribution in [1.82, 2.24) is 0 Å². The third kappa shape index (κ3) is 9.44. The highest BCUT2D eigenvalue weighted by molar-refractivity contribution is 6.65. The molecule has 3 nitrogen and oxygen atoms in total. The lowest BCUT2D eigenvalue weighted by molar-refractivity contribution is -0.140. The van der Waals surface area contributed by atoms with Gasteiger partial charge in [-0.15, -0.1) is 0 Å². The molecule has 1 aliphatic rings. The molecule has 4 heteroatoms. The van der Waals surface area contributed by atoms with Gasteiger partial charge in [0.25, 0.3) is 0 Å². The Kier molecular flexibility index (Phi) is 11.9. The van der Waals surface area contributed by atoms with Crippen LogP contribution in [-0.4, -0.2) is 18.3 Å². The first-order valence-electron chi connectivity index (χ1n) is 10.1. The van der Waals surface area contributed by atoms with Gasteiger partial charge in [0, 0.05) is 6.42 Å². The van der Waals surface area contributed by atoms with Crippen LogP contribution < -0.4 is 0 Å². The van der Waals surface area contributed by atoms with Crippen LogP contribution in [0.4, 0.5) is 0 Å². The zero-order valence-corrected chi connectivity index (χ0v) is 16.8. The van der Waals surface area contributed by atoms with Crippen LogP contribution >= 0.6 is 11.6 Å². The van der Waals surface area contributed by atoms with E-state index in [1.54, 1.807) is 0 Å². The van der Waals surface area contributed by atoms with Gasteiger partial charge in [0.1, 0.15) is 0 Å². The number of carbonyl (C=O) groups is 2. The maximum atomic E-state index is 11.5. The molecule has 1 atom stereocenters. The lowest BCUT2D eigenvalue weighted by Crippen LogP contribution is -1.99. The number of ether oxygens (including phenoxy) is 1. The van der Waals surface area contributed by atoms with Crippen molar-refractivity contribution in [3.8, 4) is 0 Å². The van der Waals surface area contributed by atoms with E-state index in [9.17, 15) is 9.59 Å². The quantitative estimate of drug-likeness (QED) is 0.138. The Morgan fingerprint density at radius 3 is 1.80 bits per heavy atom. The Labute approximate surface area is 158 Å². The van der Waals surface area contributed by atoms with Gasteiger partial charge in [-0.25, -0.2) is 0 Å². The Balaban J connectivity index is 2.11. The standard InChI is InChI=1S/C21H35ClO3/c1-3-4-5-6-8-11-14-17-18(20(17)21(22)24)15-12-9-7-10-13-16-19(23)25-2/h20H,3-16H2,1-2H3. The van der Waals surface area contributed by atoms with Gasteiger partial charge in [-0.05, 0) is 43.7 Å². The topological polar surface area (TPSA) is 43.4 Å². The normalized spacial score (nSPS) is 16.2. The Hall–Kier alpha value is -0.830. The summed E-state index contributed by atoms with van der Waals surface area (Å²) >= 11 is 5.75. The summed E-state index contributed by atoms with van der Waals surface area (Å²) in [7, 11) is 1.43. The molecular weight excluding hydrogens is 336 g/mol. The minimum Gasteiger partial charge on any atom is -0.469 e. The lowest BCUT2D eigenvalue weighted by atomic mass is 10.1. The van der Waals surface area contributed by atoms with Crippen molar-refractivity contribution in [1.29, 1.82) is 0 Å². The molecule has 0 amide bonds. The first-order chi connectivity index (χ1) is 12.1. The maximum absolute atomic E-state index is 11.5. The zero-order valence-electron chi connectivity index (χ0n) is 16.1. The fourth-order valence-corrected chi connectivity index (χ4v) is 3.78. The van der Waals surface area contributed by atoms with Crippen molar-refractivity contribution in [3.63, 3.8) is 0 Å². The van der Waals surface area contributed by atoms with E-state index in [0.29, 0.717) is 6.42 Å². The fraction of sp³-hybridized carbons (Fsp3) is 0.810. The number of carbonyl (C=O) groups excluding carboxylic acids is 2. The Bertz CT molecular complexity index is 442. The van der Waals surface area contributed by atoms with E-state index in [4.69, 9.17) is 11.6 Å². The van der Waals surface area contributed by atoms with Gasteiger partial charge in [-0.3, -0.25) is 9.59 Å². The van der Waals surface area contributed by atoms with E-state index in [1.807, 2.05) is 0 Å². The average Bonchev–Trinajstić information content (AvgIpc) is 3.30. The monoisotopic (exact) mass is 370 g/mol. The molecule has 0 aromatic heterocycles. The zero-order chi connectivity index (χ0) is 18.5. The van der Waals surface area contributed by atoms with Crippen LogP contribution in [0.5, 0.6) is 0 Å². The summed E-state index contributed by atoms with van der Waals surface area (Å²) in [5.41, 5.74) is 2.66. The Morgan fingerprint density at radius 1 is 0.840 bits per heavy atom. The van der Waals surface area contributed by atoms with Gasteiger partial charge in [-0.1, -0.05) is 69.4 Å². The second kappa shape index (κ2) is 13.4. The molecule has 1 rings (SSSR count). The highest BCUT2D eigenvalue weighted by Crippen LogP contribution is 2.47. The summed E-state index contributed by atoms with van der Waals surface area (Å²) in [6, 6.07) is 0. The highest BCUT2D eigenvalue weighted by Gasteiger charge is 2.39. The first kappa shape index (κ1) is 22.2. The second-order valence-electron chi connectivity index (χ2n) is 7.15. The van der Waals surface area contributed by atoms with Crippen molar-refractivity contribution in [2.45, 2.75) is 96.8 Å². The predicted octanol–water partition coefficient (Wildman–Crippen LogP) is 6.33. The van der Waals surface area contributed by atoms with Gasteiger partial charge in [0.2, 0.25) is 5.24 Å². The molecule has 0 bridgehead atoms. The number of hydrogen-bond donors (Lipinski definition) is 0. The van der Waals surface area contributed by atoms with Crippen LogP contribution in [0.15, 0.2) is 11.1 Å².